The van der Waals surface area contributed by atoms with Crippen molar-refractivity contribution in [3.05, 3.63) is 442 Å². The zero-order valence-corrected chi connectivity index (χ0v) is 71.0. The highest BCUT2D eigenvalue weighted by atomic mass is 15.0. The van der Waals surface area contributed by atoms with E-state index in [1.165, 1.54) is 125 Å². The molecule has 7 heterocycles. The van der Waals surface area contributed by atoms with Crippen LogP contribution in [-0.2, 0) is 5.41 Å². The molecule has 0 fully saturated rings. The van der Waals surface area contributed by atoms with Gasteiger partial charge in [0.25, 0.3) is 0 Å². The summed E-state index contributed by atoms with van der Waals surface area (Å²) < 4.78 is 12.1. The highest BCUT2D eigenvalue weighted by Gasteiger charge is 2.38. The van der Waals surface area contributed by atoms with Crippen molar-refractivity contribution in [2.24, 2.45) is 0 Å². The summed E-state index contributed by atoms with van der Waals surface area (Å²) in [5.41, 5.74) is 30.1. The van der Waals surface area contributed by atoms with Gasteiger partial charge in [-0.1, -0.05) is 299 Å². The van der Waals surface area contributed by atoms with Gasteiger partial charge in [0.1, 0.15) is 0 Å². The normalized spacial score (nSPS) is 12.6. The average Bonchev–Trinajstić information content (AvgIpc) is 1.57. The van der Waals surface area contributed by atoms with Gasteiger partial charge in [-0.3, -0.25) is 0 Å². The number of para-hydroxylation sites is 8. The molecule has 0 saturated carbocycles. The van der Waals surface area contributed by atoms with Crippen LogP contribution < -0.4 is 0 Å². The lowest BCUT2D eigenvalue weighted by molar-refractivity contribution is 0.661. The second-order valence-electron chi connectivity index (χ2n) is 35.2. The monoisotopic (exact) mass is 1660 g/mol. The zero-order chi connectivity index (χ0) is 85.6. The average molecular weight is 1660 g/mol. The van der Waals surface area contributed by atoms with Crippen molar-refractivity contribution in [2.75, 3.05) is 0 Å². The molecule has 28 rings (SSSR count). The molecule has 7 aromatic heterocycles. The van der Waals surface area contributed by atoms with Gasteiger partial charge in [-0.05, 0) is 195 Å². The second kappa shape index (κ2) is 28.4. The summed E-state index contributed by atoms with van der Waals surface area (Å²) >= 11 is 0. The lowest BCUT2D eigenvalue weighted by atomic mass is 9.80. The maximum atomic E-state index is 5.56. The summed E-state index contributed by atoms with van der Waals surface area (Å²) in [5.74, 6) is 1.44. The van der Waals surface area contributed by atoms with Gasteiger partial charge in [-0.2, -0.15) is 0 Å². The van der Waals surface area contributed by atoms with E-state index in [-0.39, 0.29) is 5.41 Å². The summed E-state index contributed by atoms with van der Waals surface area (Å²) in [4.78, 5) is 21.5. The summed E-state index contributed by atoms with van der Waals surface area (Å²) in [6, 6.07) is 156. The molecule has 0 unspecified atom stereocenters. The van der Waals surface area contributed by atoms with Gasteiger partial charge >= 0.3 is 0 Å². The van der Waals surface area contributed by atoms with Crippen LogP contribution in [0.5, 0.6) is 0 Å². The summed E-state index contributed by atoms with van der Waals surface area (Å²) in [6.07, 6.45) is 0. The smallest absolute Gasteiger partial charge is 0.160 e. The van der Waals surface area contributed by atoms with Crippen molar-refractivity contribution in [2.45, 2.75) is 19.3 Å². The lowest BCUT2D eigenvalue weighted by Crippen LogP contribution is -2.16. The van der Waals surface area contributed by atoms with Crippen molar-refractivity contribution in [3.8, 4) is 84.9 Å². The third kappa shape index (κ3) is 11.1. The van der Waals surface area contributed by atoms with Crippen LogP contribution in [0.3, 0.4) is 0 Å². The molecule has 0 N–H and O–H groups in total. The number of hydrogen-bond donors (Lipinski definition) is 0. The number of nitrogens with zero attached hydrogens (tertiary/aromatic N) is 9. The van der Waals surface area contributed by atoms with Gasteiger partial charge in [0.2, 0.25) is 0 Å². The second-order valence-corrected chi connectivity index (χ2v) is 35.2. The lowest BCUT2D eigenvalue weighted by Gasteiger charge is -2.24. The van der Waals surface area contributed by atoms with Crippen molar-refractivity contribution in [3.63, 3.8) is 0 Å². The van der Waals surface area contributed by atoms with E-state index in [1.54, 1.807) is 0 Å². The molecule has 0 amide bonds. The van der Waals surface area contributed by atoms with Crippen LogP contribution in [-0.4, -0.2) is 42.8 Å². The van der Waals surface area contributed by atoms with Crippen LogP contribution in [0.1, 0.15) is 25.0 Å². The largest absolute Gasteiger partial charge is 0.309 e. The number of benzene rings is 20. The molecule has 606 valence electrons. The highest BCUT2D eigenvalue weighted by Crippen LogP contribution is 2.53. The van der Waals surface area contributed by atoms with Crippen LogP contribution in [0.4, 0.5) is 0 Å². The maximum absolute atomic E-state index is 5.56. The van der Waals surface area contributed by atoms with Gasteiger partial charge in [0, 0.05) is 120 Å². The van der Waals surface area contributed by atoms with E-state index in [2.05, 4.69) is 467 Å². The SMILES string of the molecule is CC1(C)c2ccccc2-c2cccc(-c3nc(-c4ccc(-n5c6cc(-n7c8ccccc8c8ccccc87)ccc6c6cc7ccccc7cc65)cc4)c4ccccc4n3)c21.c1ccc(-n2c3ccccc3c3cc(-c4nc(-c5cc(-n6c7cc(-n8c9ccccc9c9ccccc98)ccc7c7cc8ccccc8cc76)c6ccccc6c5)c5ccccc5n4)ccc32)cc1. The number of hydrogen-bond acceptors (Lipinski definition) is 4. The van der Waals surface area contributed by atoms with Gasteiger partial charge in [0.15, 0.2) is 11.6 Å². The quantitative estimate of drug-likeness (QED) is 0.144. The molecule has 0 spiro atoms. The molecule has 0 bridgehead atoms. The molecule has 0 atom stereocenters. The highest BCUT2D eigenvalue weighted by molar-refractivity contribution is 6.19. The summed E-state index contributed by atoms with van der Waals surface area (Å²) in [7, 11) is 0. The van der Waals surface area contributed by atoms with E-state index in [1.807, 2.05) is 0 Å². The molecule has 1 aliphatic carbocycles. The Morgan fingerprint density at radius 1 is 0.192 bits per heavy atom. The molecule has 9 nitrogen and oxygen atoms in total. The van der Waals surface area contributed by atoms with Crippen LogP contribution in [0, 0.1) is 0 Å². The van der Waals surface area contributed by atoms with E-state index in [0.29, 0.717) is 5.82 Å². The Morgan fingerprint density at radius 3 is 1.14 bits per heavy atom. The minimum Gasteiger partial charge on any atom is -0.309 e. The first kappa shape index (κ1) is 73.2. The topological polar surface area (TPSA) is 76.2 Å². The predicted molar refractivity (Wildman–Crippen MR) is 543 cm³/mol. The fraction of sp³-hybridized carbons (Fsp3) is 0.0248. The molecule has 0 aliphatic heterocycles. The van der Waals surface area contributed by atoms with E-state index < -0.39 is 0 Å². The molecule has 130 heavy (non-hydrogen) atoms. The Morgan fingerprint density at radius 2 is 0.562 bits per heavy atom. The Balaban J connectivity index is 0.000000135. The Hall–Kier alpha value is -17.1. The fourth-order valence-corrected chi connectivity index (χ4v) is 21.8. The first-order valence-electron chi connectivity index (χ1n) is 44.6. The first-order chi connectivity index (χ1) is 64.2. The third-order valence-electron chi connectivity index (χ3n) is 27.6. The molecule has 27 aromatic rings. The fourth-order valence-electron chi connectivity index (χ4n) is 21.8. The first-order valence-corrected chi connectivity index (χ1v) is 44.6. The predicted octanol–water partition coefficient (Wildman–Crippen LogP) is 31.2. The molecule has 9 heteroatoms. The third-order valence-corrected chi connectivity index (χ3v) is 27.6. The number of rotatable bonds is 9. The van der Waals surface area contributed by atoms with Crippen molar-refractivity contribution in [1.29, 1.82) is 0 Å². The van der Waals surface area contributed by atoms with E-state index >= 15 is 0 Å². The van der Waals surface area contributed by atoms with E-state index in [9.17, 15) is 0 Å². The molecule has 0 saturated heterocycles. The maximum Gasteiger partial charge on any atom is 0.160 e. The van der Waals surface area contributed by atoms with Crippen molar-refractivity contribution < 1.29 is 0 Å². The van der Waals surface area contributed by atoms with Crippen molar-refractivity contribution >= 4 is 163 Å². The van der Waals surface area contributed by atoms with Crippen LogP contribution in [0.25, 0.3) is 248 Å². The number of fused-ring (bicyclic) bond motifs is 23. The standard InChI is InChI=1S/C64H39N5.C57H38N4/c1-2-19-45(20-3-1)67-58-29-15-11-24-50(58)53-36-43(30-33-59(53)67)64-65-55-26-12-8-25-52(55)63(66-64)44-34-42-18-6-7-21-47(42)60(38-44)69-61-37-41-17-5-4-16-40(41)35-54(61)51-32-31-46(39-62(51)69)68-56-27-13-9-22-48(56)49-23-10-14-28-57(49)68;1-57(2)48-22-9-5-16-40(48)44-20-13-21-46(54(44)57)56-58-49-23-10-6-19-45(49)55(59-56)35-26-28-38(29-27-35)60-52-33-37-15-4-3-14-36(37)32-47(52)43-31-30-39(34-53(43)60)61-50-24-11-7-17-41(50)42-18-8-12-25-51(42)61/h1-39H;3-34H,1-2H3. The number of aromatic nitrogens is 9. The minimum absolute atomic E-state index is 0.186. The van der Waals surface area contributed by atoms with Crippen molar-refractivity contribution in [1.82, 2.24) is 42.8 Å². The summed E-state index contributed by atoms with van der Waals surface area (Å²) in [6.45, 7) is 4.65. The van der Waals surface area contributed by atoms with Crippen LogP contribution in [0.2, 0.25) is 0 Å². The molecular weight excluding hydrogens is 1580 g/mol. The zero-order valence-electron chi connectivity index (χ0n) is 71.0. The Labute approximate surface area is 746 Å². The molecule has 20 aromatic carbocycles. The van der Waals surface area contributed by atoms with E-state index in [0.717, 1.165) is 128 Å². The van der Waals surface area contributed by atoms with Gasteiger partial charge < -0.3 is 22.8 Å². The van der Waals surface area contributed by atoms with Crippen LogP contribution >= 0.6 is 0 Å². The van der Waals surface area contributed by atoms with Gasteiger partial charge in [-0.15, -0.1) is 0 Å². The molecule has 1 aliphatic rings. The Kier molecular flexibility index (Phi) is 16.0. The summed E-state index contributed by atoms with van der Waals surface area (Å²) in [5, 5.41) is 21.4. The van der Waals surface area contributed by atoms with Crippen LogP contribution in [0.15, 0.2) is 431 Å². The molecular formula is C121H77N9. The Bertz CT molecular complexity index is 9380. The molecule has 0 radical (unpaired) electrons. The van der Waals surface area contributed by atoms with Gasteiger partial charge in [0.05, 0.1) is 83.3 Å². The minimum atomic E-state index is -0.186. The van der Waals surface area contributed by atoms with Gasteiger partial charge in [-0.25, -0.2) is 19.9 Å². The van der Waals surface area contributed by atoms with E-state index in [4.69, 9.17) is 19.9 Å².